The quantitative estimate of drug-likeness (QED) is 0.287. The van der Waals surface area contributed by atoms with Gasteiger partial charge in [-0.15, -0.1) is 6.58 Å². The first-order chi connectivity index (χ1) is 10.3. The molecule has 0 fully saturated rings. The molecule has 0 bridgehead atoms. The number of rotatable bonds is 8. The highest BCUT2D eigenvalue weighted by atomic mass is 19.4. The van der Waals surface area contributed by atoms with Crippen LogP contribution in [0, 0.1) is 17.2 Å². The number of halogens is 3. The maximum Gasteiger partial charge on any atom is 0.389 e. The minimum atomic E-state index is -4.30. The zero-order chi connectivity index (χ0) is 17.2. The van der Waals surface area contributed by atoms with Gasteiger partial charge in [0.05, 0.1) is 19.1 Å². The lowest BCUT2D eigenvalue weighted by Gasteiger charge is -2.13. The van der Waals surface area contributed by atoms with Crippen LogP contribution in [0.5, 0.6) is 0 Å². The molecule has 0 saturated carbocycles. The number of methoxy groups -OCH3 is 1. The zero-order valence-electron chi connectivity index (χ0n) is 12.7. The summed E-state index contributed by atoms with van der Waals surface area (Å²) in [6, 6.07) is 1.88. The Morgan fingerprint density at radius 2 is 2.05 bits per heavy atom. The topological polar surface area (TPSA) is 50.1 Å². The SMILES string of the molecule is C=CC/C(=C\C=C(/CC)C(=O)OC)C(C#N)CCC(F)(F)F. The van der Waals surface area contributed by atoms with Crippen molar-refractivity contribution < 1.29 is 22.7 Å². The smallest absolute Gasteiger partial charge is 0.389 e. The number of carbonyl (C=O) groups excluding carboxylic acids is 1. The predicted octanol–water partition coefficient (Wildman–Crippen LogP) is 4.48. The number of nitrogens with zero attached hydrogens (tertiary/aromatic N) is 1. The van der Waals surface area contributed by atoms with Crippen LogP contribution in [0.15, 0.2) is 36.0 Å². The van der Waals surface area contributed by atoms with Crippen LogP contribution in [0.1, 0.15) is 32.6 Å². The van der Waals surface area contributed by atoms with Gasteiger partial charge in [-0.1, -0.05) is 25.2 Å². The number of ether oxygens (including phenoxy) is 1. The normalized spacial score (nSPS) is 14.2. The number of hydrogen-bond donors (Lipinski definition) is 0. The zero-order valence-corrected chi connectivity index (χ0v) is 12.7. The van der Waals surface area contributed by atoms with E-state index in [1.54, 1.807) is 6.92 Å². The molecule has 0 aliphatic carbocycles. The molecular weight excluding hydrogens is 295 g/mol. The fourth-order valence-electron chi connectivity index (χ4n) is 1.80. The molecular formula is C16H20F3NO2. The fourth-order valence-corrected chi connectivity index (χ4v) is 1.80. The Morgan fingerprint density at radius 1 is 1.41 bits per heavy atom. The first kappa shape index (κ1) is 20.0. The predicted molar refractivity (Wildman–Crippen MR) is 77.7 cm³/mol. The summed E-state index contributed by atoms with van der Waals surface area (Å²) < 4.78 is 41.5. The molecule has 0 N–H and O–H groups in total. The summed E-state index contributed by atoms with van der Waals surface area (Å²) in [6.45, 7) is 5.30. The van der Waals surface area contributed by atoms with Crippen LogP contribution in [0.25, 0.3) is 0 Å². The van der Waals surface area contributed by atoms with E-state index in [1.807, 2.05) is 6.07 Å². The Labute approximate surface area is 128 Å². The number of esters is 1. The summed E-state index contributed by atoms with van der Waals surface area (Å²) in [5.74, 6) is -1.37. The van der Waals surface area contributed by atoms with Gasteiger partial charge in [0.15, 0.2) is 0 Å². The van der Waals surface area contributed by atoms with Gasteiger partial charge < -0.3 is 4.74 Å². The molecule has 3 nitrogen and oxygen atoms in total. The molecule has 0 heterocycles. The van der Waals surface area contributed by atoms with Gasteiger partial charge in [0.25, 0.3) is 0 Å². The third kappa shape index (κ3) is 7.67. The van der Waals surface area contributed by atoms with Gasteiger partial charge in [-0.2, -0.15) is 18.4 Å². The summed E-state index contributed by atoms with van der Waals surface area (Å²) in [5, 5.41) is 9.09. The molecule has 0 amide bonds. The van der Waals surface area contributed by atoms with Crippen LogP contribution >= 0.6 is 0 Å². The third-order valence-corrected chi connectivity index (χ3v) is 3.03. The second-order valence-corrected chi connectivity index (χ2v) is 4.61. The average Bonchev–Trinajstić information content (AvgIpc) is 2.46. The van der Waals surface area contributed by atoms with E-state index in [4.69, 9.17) is 5.26 Å². The molecule has 0 aromatic carbocycles. The van der Waals surface area contributed by atoms with E-state index in [0.29, 0.717) is 17.6 Å². The van der Waals surface area contributed by atoms with Crippen LogP contribution in [-0.2, 0) is 9.53 Å². The van der Waals surface area contributed by atoms with Gasteiger partial charge >= 0.3 is 12.1 Å². The van der Waals surface area contributed by atoms with E-state index in [1.165, 1.54) is 25.3 Å². The molecule has 6 heteroatoms. The highest BCUT2D eigenvalue weighted by molar-refractivity contribution is 5.88. The first-order valence-corrected chi connectivity index (χ1v) is 6.84. The number of alkyl halides is 3. The second kappa shape index (κ2) is 9.82. The molecule has 1 atom stereocenters. The van der Waals surface area contributed by atoms with Crippen molar-refractivity contribution in [2.75, 3.05) is 7.11 Å². The fraction of sp³-hybridized carbons (Fsp3) is 0.500. The van der Waals surface area contributed by atoms with Crippen molar-refractivity contribution in [3.8, 4) is 6.07 Å². The standard InChI is InChI=1S/C16H20F3NO2/c1-4-6-13(8-7-12(5-2)15(21)22-3)14(11-20)9-10-16(17,18)19/h4,7-8,14H,1,5-6,9-10H2,2-3H3/b12-7+,13-8+. The van der Waals surface area contributed by atoms with Gasteiger partial charge in [0.2, 0.25) is 0 Å². The molecule has 0 spiro atoms. The van der Waals surface area contributed by atoms with Crippen LogP contribution in [0.2, 0.25) is 0 Å². The molecule has 0 aliphatic heterocycles. The van der Waals surface area contributed by atoms with Crippen LogP contribution < -0.4 is 0 Å². The summed E-state index contributed by atoms with van der Waals surface area (Å²) >= 11 is 0. The number of allylic oxidation sites excluding steroid dienone is 4. The molecule has 0 saturated heterocycles. The van der Waals surface area contributed by atoms with Crippen molar-refractivity contribution in [3.05, 3.63) is 36.0 Å². The van der Waals surface area contributed by atoms with E-state index >= 15 is 0 Å². The average molecular weight is 315 g/mol. The van der Waals surface area contributed by atoms with E-state index in [2.05, 4.69) is 11.3 Å². The van der Waals surface area contributed by atoms with Gasteiger partial charge in [-0.3, -0.25) is 0 Å². The highest BCUT2D eigenvalue weighted by Gasteiger charge is 2.29. The first-order valence-electron chi connectivity index (χ1n) is 6.84. The minimum absolute atomic E-state index is 0.282. The molecule has 0 radical (unpaired) electrons. The Hall–Kier alpha value is -2.03. The lowest BCUT2D eigenvalue weighted by atomic mass is 9.92. The van der Waals surface area contributed by atoms with Crippen molar-refractivity contribution in [2.24, 2.45) is 5.92 Å². The van der Waals surface area contributed by atoms with Gasteiger partial charge in [0.1, 0.15) is 0 Å². The van der Waals surface area contributed by atoms with Crippen LogP contribution in [0.4, 0.5) is 13.2 Å². The number of nitriles is 1. The van der Waals surface area contributed by atoms with E-state index in [9.17, 15) is 18.0 Å². The van der Waals surface area contributed by atoms with E-state index < -0.39 is 24.5 Å². The van der Waals surface area contributed by atoms with Crippen molar-refractivity contribution >= 4 is 5.97 Å². The summed E-state index contributed by atoms with van der Waals surface area (Å²) in [4.78, 5) is 11.5. The van der Waals surface area contributed by atoms with Gasteiger partial charge in [-0.05, 0) is 24.8 Å². The Balaban J connectivity index is 5.27. The monoisotopic (exact) mass is 315 g/mol. The molecule has 22 heavy (non-hydrogen) atoms. The maximum absolute atomic E-state index is 12.3. The Bertz CT molecular complexity index is 485. The molecule has 0 aromatic heterocycles. The second-order valence-electron chi connectivity index (χ2n) is 4.61. The summed E-state index contributed by atoms with van der Waals surface area (Å²) in [5.41, 5.74) is 0.883. The van der Waals surface area contributed by atoms with Gasteiger partial charge in [-0.25, -0.2) is 4.79 Å². The van der Waals surface area contributed by atoms with E-state index in [0.717, 1.165) is 0 Å². The number of hydrogen-bond acceptors (Lipinski definition) is 3. The molecule has 1 unspecified atom stereocenters. The van der Waals surface area contributed by atoms with Crippen LogP contribution in [-0.4, -0.2) is 19.3 Å². The molecule has 122 valence electrons. The van der Waals surface area contributed by atoms with Crippen LogP contribution in [0.3, 0.4) is 0 Å². The minimum Gasteiger partial charge on any atom is -0.466 e. The lowest BCUT2D eigenvalue weighted by molar-refractivity contribution is -0.137. The van der Waals surface area contributed by atoms with Crippen molar-refractivity contribution in [1.82, 2.24) is 0 Å². The Kier molecular flexibility index (Phi) is 8.92. The Morgan fingerprint density at radius 3 is 2.45 bits per heavy atom. The summed E-state index contributed by atoms with van der Waals surface area (Å²) in [7, 11) is 1.25. The van der Waals surface area contributed by atoms with Crippen molar-refractivity contribution in [2.45, 2.75) is 38.8 Å². The van der Waals surface area contributed by atoms with Crippen molar-refractivity contribution in [3.63, 3.8) is 0 Å². The summed E-state index contributed by atoms with van der Waals surface area (Å²) in [6.07, 6.45) is -0.417. The third-order valence-electron chi connectivity index (χ3n) is 3.03. The molecule has 0 aliphatic rings. The van der Waals surface area contributed by atoms with Gasteiger partial charge in [0, 0.05) is 12.0 Å². The van der Waals surface area contributed by atoms with E-state index in [-0.39, 0.29) is 12.8 Å². The molecule has 0 rings (SSSR count). The lowest BCUT2D eigenvalue weighted by Crippen LogP contribution is -2.11. The maximum atomic E-state index is 12.3. The largest absolute Gasteiger partial charge is 0.466 e. The van der Waals surface area contributed by atoms with Crippen molar-refractivity contribution in [1.29, 1.82) is 5.26 Å². The highest BCUT2D eigenvalue weighted by Crippen LogP contribution is 2.28. The number of carbonyl (C=O) groups is 1. The molecule has 0 aromatic rings.